The monoisotopic (exact) mass is 281 g/mol. The van der Waals surface area contributed by atoms with Crippen LogP contribution in [0.25, 0.3) is 11.1 Å². The Hall–Kier alpha value is -2.37. The van der Waals surface area contributed by atoms with Crippen LogP contribution in [0.4, 0.5) is 13.2 Å². The molecule has 6 heteroatoms. The minimum absolute atomic E-state index is 0.0756. The summed E-state index contributed by atoms with van der Waals surface area (Å²) in [6, 6.07) is 5.97. The summed E-state index contributed by atoms with van der Waals surface area (Å²) in [5.41, 5.74) is -0.121. The lowest BCUT2D eigenvalue weighted by molar-refractivity contribution is -0.137. The Kier molecular flexibility index (Phi) is 3.74. The van der Waals surface area contributed by atoms with E-state index < -0.39 is 17.7 Å². The summed E-state index contributed by atoms with van der Waals surface area (Å²) in [4.78, 5) is 15.4. The number of alkyl halides is 3. The van der Waals surface area contributed by atoms with Crippen LogP contribution in [0.15, 0.2) is 42.7 Å². The average Bonchev–Trinajstić information content (AvgIpc) is 2.46. The highest BCUT2D eigenvalue weighted by atomic mass is 19.4. The maximum Gasteiger partial charge on any atom is 0.416 e. The summed E-state index contributed by atoms with van der Waals surface area (Å²) in [5.74, 6) is -0.689. The van der Waals surface area contributed by atoms with Crippen LogP contribution in [0.1, 0.15) is 15.9 Å². The first-order chi connectivity index (χ1) is 9.43. The highest BCUT2D eigenvalue weighted by Crippen LogP contribution is 2.34. The molecular weight excluding hydrogens is 271 g/mol. The molecular formula is C14H10F3NO2. The van der Waals surface area contributed by atoms with Gasteiger partial charge in [-0.15, -0.1) is 0 Å². The first-order valence-electron chi connectivity index (χ1n) is 5.63. The molecule has 0 saturated heterocycles. The van der Waals surface area contributed by atoms with Gasteiger partial charge in [-0.25, -0.2) is 4.79 Å². The zero-order valence-corrected chi connectivity index (χ0v) is 10.4. The fourth-order valence-corrected chi connectivity index (χ4v) is 1.78. The van der Waals surface area contributed by atoms with E-state index in [-0.39, 0.29) is 11.1 Å². The van der Waals surface area contributed by atoms with Crippen LogP contribution < -0.4 is 0 Å². The lowest BCUT2D eigenvalue weighted by atomic mass is 9.98. The van der Waals surface area contributed by atoms with Gasteiger partial charge in [0.25, 0.3) is 0 Å². The second-order valence-corrected chi connectivity index (χ2v) is 3.99. The number of esters is 1. The molecule has 0 radical (unpaired) electrons. The van der Waals surface area contributed by atoms with Gasteiger partial charge in [0.05, 0.1) is 18.2 Å². The number of pyridine rings is 1. The zero-order valence-electron chi connectivity index (χ0n) is 10.4. The number of hydrogen-bond acceptors (Lipinski definition) is 3. The van der Waals surface area contributed by atoms with Crippen molar-refractivity contribution < 1.29 is 22.7 Å². The van der Waals surface area contributed by atoms with E-state index in [0.717, 1.165) is 18.2 Å². The number of benzene rings is 1. The van der Waals surface area contributed by atoms with E-state index in [4.69, 9.17) is 0 Å². The summed E-state index contributed by atoms with van der Waals surface area (Å²) in [6.07, 6.45) is -1.59. The molecule has 1 heterocycles. The maximum absolute atomic E-state index is 12.8. The Morgan fingerprint density at radius 3 is 2.35 bits per heavy atom. The summed E-state index contributed by atoms with van der Waals surface area (Å²) in [5, 5.41) is 0. The Bertz CT molecular complexity index is 624. The highest BCUT2D eigenvalue weighted by molar-refractivity contribution is 5.97. The Morgan fingerprint density at radius 2 is 1.80 bits per heavy atom. The van der Waals surface area contributed by atoms with E-state index in [1.165, 1.54) is 31.6 Å². The first kappa shape index (κ1) is 14.0. The third-order valence-electron chi connectivity index (χ3n) is 2.74. The van der Waals surface area contributed by atoms with Crippen LogP contribution in [0.5, 0.6) is 0 Å². The van der Waals surface area contributed by atoms with Gasteiger partial charge >= 0.3 is 12.1 Å². The summed E-state index contributed by atoms with van der Waals surface area (Å²) in [6.45, 7) is 0. The predicted molar refractivity (Wildman–Crippen MR) is 66.0 cm³/mol. The van der Waals surface area contributed by atoms with Crippen LogP contribution in [0.3, 0.4) is 0 Å². The van der Waals surface area contributed by atoms with Crippen molar-refractivity contribution in [3.05, 3.63) is 53.9 Å². The molecule has 20 heavy (non-hydrogen) atoms. The fourth-order valence-electron chi connectivity index (χ4n) is 1.78. The number of aromatic nitrogens is 1. The third kappa shape index (κ3) is 2.79. The number of rotatable bonds is 2. The number of nitrogens with zero attached hydrogens (tertiary/aromatic N) is 1. The smallest absolute Gasteiger partial charge is 0.416 e. The van der Waals surface area contributed by atoms with Crippen LogP contribution >= 0.6 is 0 Å². The molecule has 0 N–H and O–H groups in total. The first-order valence-corrected chi connectivity index (χ1v) is 5.63. The van der Waals surface area contributed by atoms with Crippen molar-refractivity contribution in [3.8, 4) is 11.1 Å². The highest BCUT2D eigenvalue weighted by Gasteiger charge is 2.31. The van der Waals surface area contributed by atoms with Gasteiger partial charge in [-0.05, 0) is 41.5 Å². The second-order valence-electron chi connectivity index (χ2n) is 3.99. The van der Waals surface area contributed by atoms with Gasteiger partial charge in [0.1, 0.15) is 0 Å². The maximum atomic E-state index is 12.8. The van der Waals surface area contributed by atoms with Crippen molar-refractivity contribution in [2.45, 2.75) is 6.18 Å². The number of carbonyl (C=O) groups is 1. The Labute approximate surface area is 113 Å². The Balaban J connectivity index is 2.64. The molecule has 0 fully saturated rings. The predicted octanol–water partition coefficient (Wildman–Crippen LogP) is 3.55. The van der Waals surface area contributed by atoms with Crippen molar-refractivity contribution in [2.24, 2.45) is 0 Å². The summed E-state index contributed by atoms with van der Waals surface area (Å²) in [7, 11) is 1.18. The molecule has 104 valence electrons. The van der Waals surface area contributed by atoms with Crippen LogP contribution in [0, 0.1) is 0 Å². The SMILES string of the molecule is COC(=O)c1ccc(C(F)(F)F)cc1-c1ccncc1. The topological polar surface area (TPSA) is 39.2 Å². The van der Waals surface area contributed by atoms with Gasteiger partial charge in [-0.3, -0.25) is 4.98 Å². The quantitative estimate of drug-likeness (QED) is 0.790. The van der Waals surface area contributed by atoms with Crippen LogP contribution in [0.2, 0.25) is 0 Å². The van der Waals surface area contributed by atoms with Crippen molar-refractivity contribution in [1.29, 1.82) is 0 Å². The number of carbonyl (C=O) groups excluding carboxylic acids is 1. The van der Waals surface area contributed by atoms with Gasteiger partial charge in [0, 0.05) is 12.4 Å². The normalized spacial score (nSPS) is 11.2. The minimum atomic E-state index is -4.48. The van der Waals surface area contributed by atoms with Crippen molar-refractivity contribution in [3.63, 3.8) is 0 Å². The summed E-state index contributed by atoms with van der Waals surface area (Å²) >= 11 is 0. The average molecular weight is 281 g/mol. The fraction of sp³-hybridized carbons (Fsp3) is 0.143. The van der Waals surface area contributed by atoms with Crippen LogP contribution in [-0.2, 0) is 10.9 Å². The molecule has 0 aliphatic carbocycles. The van der Waals surface area contributed by atoms with Gasteiger partial charge in [-0.1, -0.05) is 0 Å². The van der Waals surface area contributed by atoms with E-state index in [0.29, 0.717) is 5.56 Å². The van der Waals surface area contributed by atoms with E-state index in [1.54, 1.807) is 0 Å². The van der Waals surface area contributed by atoms with Crippen molar-refractivity contribution in [1.82, 2.24) is 4.98 Å². The molecule has 0 amide bonds. The lowest BCUT2D eigenvalue weighted by Crippen LogP contribution is -2.09. The number of hydrogen-bond donors (Lipinski definition) is 0. The number of methoxy groups -OCH3 is 1. The molecule has 3 nitrogen and oxygen atoms in total. The third-order valence-corrected chi connectivity index (χ3v) is 2.74. The van der Waals surface area contributed by atoms with Crippen LogP contribution in [-0.4, -0.2) is 18.1 Å². The molecule has 0 saturated carbocycles. The molecule has 0 atom stereocenters. The lowest BCUT2D eigenvalue weighted by Gasteiger charge is -2.12. The zero-order chi connectivity index (χ0) is 14.8. The molecule has 1 aromatic heterocycles. The largest absolute Gasteiger partial charge is 0.465 e. The second kappa shape index (κ2) is 5.32. The summed E-state index contributed by atoms with van der Waals surface area (Å²) < 4.78 is 42.9. The van der Waals surface area contributed by atoms with Crippen molar-refractivity contribution in [2.75, 3.05) is 7.11 Å². The van der Waals surface area contributed by atoms with E-state index >= 15 is 0 Å². The molecule has 2 rings (SSSR count). The Morgan fingerprint density at radius 1 is 1.15 bits per heavy atom. The molecule has 0 spiro atoms. The molecule has 0 aliphatic heterocycles. The molecule has 1 aromatic carbocycles. The molecule has 0 unspecified atom stereocenters. The van der Waals surface area contributed by atoms with E-state index in [9.17, 15) is 18.0 Å². The van der Waals surface area contributed by atoms with E-state index in [1.807, 2.05) is 0 Å². The minimum Gasteiger partial charge on any atom is -0.465 e. The number of halogens is 3. The standard InChI is InChI=1S/C14H10F3NO2/c1-20-13(19)11-3-2-10(14(15,16)17)8-12(11)9-4-6-18-7-5-9/h2-8H,1H3. The van der Waals surface area contributed by atoms with E-state index in [2.05, 4.69) is 9.72 Å². The molecule has 0 bridgehead atoms. The molecule has 0 aliphatic rings. The molecule has 2 aromatic rings. The van der Waals surface area contributed by atoms with Gasteiger partial charge in [0.2, 0.25) is 0 Å². The van der Waals surface area contributed by atoms with Gasteiger partial charge < -0.3 is 4.74 Å². The van der Waals surface area contributed by atoms with Gasteiger partial charge in [-0.2, -0.15) is 13.2 Å². The van der Waals surface area contributed by atoms with Crippen molar-refractivity contribution >= 4 is 5.97 Å². The number of ether oxygens (including phenoxy) is 1. The van der Waals surface area contributed by atoms with Gasteiger partial charge in [0.15, 0.2) is 0 Å².